The highest BCUT2D eigenvalue weighted by Gasteiger charge is 2.33. The number of aromatic nitrogens is 2. The Morgan fingerprint density at radius 3 is 2.81 bits per heavy atom. The van der Waals surface area contributed by atoms with Gasteiger partial charge in [-0.05, 0) is 51.9 Å². The minimum absolute atomic E-state index is 0.0304. The van der Waals surface area contributed by atoms with Gasteiger partial charge in [0.1, 0.15) is 0 Å². The largest absolute Gasteiger partial charge is 0.337 e. The molecule has 0 aromatic carbocycles. The highest BCUT2D eigenvalue weighted by Crippen LogP contribution is 2.25. The van der Waals surface area contributed by atoms with Gasteiger partial charge in [0.05, 0.1) is 16.6 Å². The normalized spacial score (nSPS) is 22.6. The quantitative estimate of drug-likeness (QED) is 0.819. The number of piperidine rings is 1. The number of nitrogens with zero attached hydrogens (tertiary/aromatic N) is 5. The fraction of sp³-hybridized carbons (Fsp3) is 0.650. The number of rotatable bonds is 4. The molecule has 1 unspecified atom stereocenters. The third-order valence-electron chi connectivity index (χ3n) is 6.25. The molecule has 4 heterocycles. The number of pyridine rings is 1. The third kappa shape index (κ3) is 3.58. The maximum absolute atomic E-state index is 13.0. The van der Waals surface area contributed by atoms with Gasteiger partial charge in [-0.25, -0.2) is 4.98 Å². The number of likely N-dealkylation sites (N-methyl/N-ethyl adjacent to an activating group) is 1. The minimum Gasteiger partial charge on any atom is -0.337 e. The Morgan fingerprint density at radius 2 is 2.07 bits per heavy atom. The van der Waals surface area contributed by atoms with Crippen LogP contribution in [0.1, 0.15) is 42.2 Å². The molecule has 0 saturated carbocycles. The van der Waals surface area contributed by atoms with Gasteiger partial charge in [-0.2, -0.15) is 0 Å². The number of aryl methyl sites for hydroxylation is 1. The van der Waals surface area contributed by atoms with E-state index in [9.17, 15) is 4.79 Å². The molecule has 2 saturated heterocycles. The summed E-state index contributed by atoms with van der Waals surface area (Å²) in [5.41, 5.74) is 1.96. The third-order valence-corrected chi connectivity index (χ3v) is 6.25. The minimum atomic E-state index is 0.0304. The number of carbonyl (C=O) groups excluding carboxylic acids is 1. The van der Waals surface area contributed by atoms with Crippen molar-refractivity contribution in [3.8, 4) is 0 Å². The summed E-state index contributed by atoms with van der Waals surface area (Å²) in [6.07, 6.45) is 5.87. The second-order valence-corrected chi connectivity index (χ2v) is 7.95. The Morgan fingerprint density at radius 1 is 1.30 bits per heavy atom. The lowest BCUT2D eigenvalue weighted by Crippen LogP contribution is -2.45. The van der Waals surface area contributed by atoms with Crippen molar-refractivity contribution in [1.82, 2.24) is 24.8 Å². The first-order chi connectivity index (χ1) is 13.1. The zero-order valence-electron chi connectivity index (χ0n) is 16.5. The molecule has 0 spiro atoms. The Kier molecular flexibility index (Phi) is 5.14. The Bertz CT molecular complexity index is 812. The molecule has 1 atom stereocenters. The van der Waals surface area contributed by atoms with E-state index in [-0.39, 0.29) is 11.9 Å². The van der Waals surface area contributed by atoms with Crippen LogP contribution < -0.4 is 0 Å². The smallest absolute Gasteiger partial charge is 0.257 e. The van der Waals surface area contributed by atoms with E-state index in [0.717, 1.165) is 37.0 Å². The van der Waals surface area contributed by atoms with Crippen molar-refractivity contribution in [2.75, 3.05) is 40.3 Å². The van der Waals surface area contributed by atoms with Crippen LogP contribution in [0.4, 0.5) is 0 Å². The van der Waals surface area contributed by atoms with E-state index in [1.807, 2.05) is 24.9 Å². The van der Waals surface area contributed by atoms with Gasteiger partial charge >= 0.3 is 0 Å². The molecule has 146 valence electrons. The zero-order valence-corrected chi connectivity index (χ0v) is 16.5. The predicted molar refractivity (Wildman–Crippen MR) is 104 cm³/mol. The lowest BCUT2D eigenvalue weighted by Gasteiger charge is -2.35. The lowest BCUT2D eigenvalue weighted by atomic mass is 10.0. The maximum atomic E-state index is 13.0. The van der Waals surface area contributed by atoms with Crippen molar-refractivity contribution in [3.63, 3.8) is 0 Å². The monoisotopic (exact) mass is 371 g/mol. The van der Waals surface area contributed by atoms with Crippen molar-refractivity contribution in [2.24, 2.45) is 0 Å². The van der Waals surface area contributed by atoms with Crippen LogP contribution in [-0.2, 0) is 6.42 Å². The molecule has 7 nitrogen and oxygen atoms in total. The molecule has 2 aromatic heterocycles. The number of fused-ring (bicyclic) bond motifs is 1. The van der Waals surface area contributed by atoms with Gasteiger partial charge in [0.15, 0.2) is 0 Å². The molecule has 0 aliphatic carbocycles. The van der Waals surface area contributed by atoms with Gasteiger partial charge in [0, 0.05) is 38.4 Å². The number of likely N-dealkylation sites (tertiary alicyclic amines) is 2. The van der Waals surface area contributed by atoms with E-state index in [4.69, 9.17) is 4.52 Å². The number of amides is 1. The average Bonchev–Trinajstić information content (AvgIpc) is 3.34. The van der Waals surface area contributed by atoms with Gasteiger partial charge < -0.3 is 14.3 Å². The second kappa shape index (κ2) is 7.56. The highest BCUT2D eigenvalue weighted by atomic mass is 16.5. The molecular formula is C20H29N5O2. The lowest BCUT2D eigenvalue weighted by molar-refractivity contribution is 0.0721. The van der Waals surface area contributed by atoms with E-state index in [2.05, 4.69) is 27.0 Å². The molecule has 0 bridgehead atoms. The summed E-state index contributed by atoms with van der Waals surface area (Å²) in [5.74, 6) is 0.0304. The highest BCUT2D eigenvalue weighted by molar-refractivity contribution is 5.97. The fourth-order valence-electron chi connectivity index (χ4n) is 4.40. The summed E-state index contributed by atoms with van der Waals surface area (Å²) in [4.78, 5) is 24.2. The van der Waals surface area contributed by atoms with Crippen molar-refractivity contribution in [2.45, 2.75) is 44.7 Å². The molecule has 2 fully saturated rings. The molecule has 2 aliphatic rings. The van der Waals surface area contributed by atoms with Crippen LogP contribution in [0.2, 0.25) is 0 Å². The Labute approximate surface area is 160 Å². The number of carbonyl (C=O) groups is 1. The first-order valence-electron chi connectivity index (χ1n) is 10.0. The van der Waals surface area contributed by atoms with Crippen LogP contribution in [0.3, 0.4) is 0 Å². The fourth-order valence-corrected chi connectivity index (χ4v) is 4.40. The molecule has 0 radical (unpaired) electrons. The summed E-state index contributed by atoms with van der Waals surface area (Å²) in [5, 5.41) is 4.87. The second-order valence-electron chi connectivity index (χ2n) is 7.95. The molecule has 0 N–H and O–H groups in total. The Hall–Kier alpha value is -1.99. The molecule has 1 amide bonds. The van der Waals surface area contributed by atoms with E-state index in [1.54, 1.807) is 6.20 Å². The molecular weight excluding hydrogens is 342 g/mol. The summed E-state index contributed by atoms with van der Waals surface area (Å²) in [6.45, 7) is 6.42. The molecule has 2 aromatic rings. The van der Waals surface area contributed by atoms with Gasteiger partial charge in [-0.3, -0.25) is 9.69 Å². The van der Waals surface area contributed by atoms with Crippen LogP contribution in [0.5, 0.6) is 0 Å². The van der Waals surface area contributed by atoms with Crippen LogP contribution in [0, 0.1) is 0 Å². The first kappa shape index (κ1) is 18.4. The molecule has 2 aliphatic heterocycles. The standard InChI is InChI=1S/C20H29N5O2/c1-4-18-17-11-14(12-21-19(17)27-22-18)20(26)24(3)16-7-10-25(13-16)15-5-8-23(2)9-6-15/h11-12,15-16H,4-10,13H2,1-3H3. The first-order valence-corrected chi connectivity index (χ1v) is 10.0. The van der Waals surface area contributed by atoms with Gasteiger partial charge in [0.25, 0.3) is 11.6 Å². The van der Waals surface area contributed by atoms with E-state index in [1.165, 1.54) is 25.9 Å². The van der Waals surface area contributed by atoms with Crippen LogP contribution in [0.15, 0.2) is 16.8 Å². The van der Waals surface area contributed by atoms with Crippen LogP contribution in [-0.4, -0.2) is 83.1 Å². The SMILES string of the molecule is CCc1noc2ncc(C(=O)N(C)C3CCN(C4CCN(C)CC4)C3)cc12. The molecule has 27 heavy (non-hydrogen) atoms. The predicted octanol–water partition coefficient (Wildman–Crippen LogP) is 2.03. The summed E-state index contributed by atoms with van der Waals surface area (Å²) < 4.78 is 5.23. The number of hydrogen-bond donors (Lipinski definition) is 0. The van der Waals surface area contributed by atoms with E-state index >= 15 is 0 Å². The van der Waals surface area contributed by atoms with Crippen molar-refractivity contribution in [3.05, 3.63) is 23.5 Å². The van der Waals surface area contributed by atoms with Gasteiger partial charge in [-0.15, -0.1) is 0 Å². The summed E-state index contributed by atoms with van der Waals surface area (Å²) in [6, 6.07) is 2.80. The number of hydrogen-bond acceptors (Lipinski definition) is 6. The zero-order chi connectivity index (χ0) is 19.0. The van der Waals surface area contributed by atoms with E-state index < -0.39 is 0 Å². The van der Waals surface area contributed by atoms with Gasteiger partial charge in [0.2, 0.25) is 0 Å². The van der Waals surface area contributed by atoms with Crippen molar-refractivity contribution >= 4 is 17.0 Å². The average molecular weight is 371 g/mol. The van der Waals surface area contributed by atoms with Gasteiger partial charge in [-0.1, -0.05) is 12.1 Å². The van der Waals surface area contributed by atoms with Crippen LogP contribution >= 0.6 is 0 Å². The topological polar surface area (TPSA) is 65.7 Å². The maximum Gasteiger partial charge on any atom is 0.257 e. The van der Waals surface area contributed by atoms with Crippen molar-refractivity contribution in [1.29, 1.82) is 0 Å². The van der Waals surface area contributed by atoms with E-state index in [0.29, 0.717) is 17.3 Å². The Balaban J connectivity index is 1.43. The summed E-state index contributed by atoms with van der Waals surface area (Å²) >= 11 is 0. The molecule has 7 heteroatoms. The van der Waals surface area contributed by atoms with Crippen molar-refractivity contribution < 1.29 is 9.32 Å². The van der Waals surface area contributed by atoms with Crippen LogP contribution in [0.25, 0.3) is 11.1 Å². The molecule has 4 rings (SSSR count). The summed E-state index contributed by atoms with van der Waals surface area (Å²) in [7, 11) is 4.11.